The Morgan fingerprint density at radius 2 is 2.00 bits per heavy atom. The summed E-state index contributed by atoms with van der Waals surface area (Å²) in [6.07, 6.45) is -0.500. The van der Waals surface area contributed by atoms with Gasteiger partial charge in [0, 0.05) is 19.3 Å². The fourth-order valence-corrected chi connectivity index (χ4v) is 2.15. The molecule has 0 aliphatic heterocycles. The van der Waals surface area contributed by atoms with Crippen molar-refractivity contribution in [3.8, 4) is 0 Å². The Kier molecular flexibility index (Phi) is 5.93. The standard InChI is InChI=1S/C12H18N2O5S/c1-20(17,18)10-4-2-9(3-5-10)11(15)8-14-6-7-19-12(13)16/h2-5,11,14-15H,6-8H2,1H3,(H2,13,16). The van der Waals surface area contributed by atoms with E-state index >= 15 is 0 Å². The summed E-state index contributed by atoms with van der Waals surface area (Å²) < 4.78 is 27.1. The molecule has 0 radical (unpaired) electrons. The Morgan fingerprint density at radius 3 is 2.50 bits per heavy atom. The second-order valence-corrected chi connectivity index (χ2v) is 6.24. The SMILES string of the molecule is CS(=O)(=O)c1ccc(C(O)CNCCOC(N)=O)cc1. The number of benzene rings is 1. The average molecular weight is 302 g/mol. The zero-order valence-corrected chi connectivity index (χ0v) is 11.9. The number of nitrogens with one attached hydrogen (secondary N) is 1. The van der Waals surface area contributed by atoms with Crippen molar-refractivity contribution in [1.82, 2.24) is 5.32 Å². The number of rotatable bonds is 7. The monoisotopic (exact) mass is 302 g/mol. The van der Waals surface area contributed by atoms with Gasteiger partial charge >= 0.3 is 6.09 Å². The van der Waals surface area contributed by atoms with Crippen molar-refractivity contribution in [2.75, 3.05) is 26.0 Å². The third-order valence-electron chi connectivity index (χ3n) is 2.55. The highest BCUT2D eigenvalue weighted by atomic mass is 32.2. The third kappa shape index (κ3) is 5.55. The second-order valence-electron chi connectivity index (χ2n) is 4.23. The van der Waals surface area contributed by atoms with E-state index in [1.807, 2.05) is 0 Å². The molecule has 8 heteroatoms. The van der Waals surface area contributed by atoms with Crippen LogP contribution >= 0.6 is 0 Å². The largest absolute Gasteiger partial charge is 0.448 e. The van der Waals surface area contributed by atoms with Crippen LogP contribution in [0.3, 0.4) is 0 Å². The molecular weight excluding hydrogens is 284 g/mol. The van der Waals surface area contributed by atoms with E-state index in [1.54, 1.807) is 12.1 Å². The van der Waals surface area contributed by atoms with Crippen LogP contribution in [-0.2, 0) is 14.6 Å². The van der Waals surface area contributed by atoms with Crippen LogP contribution in [0.5, 0.6) is 0 Å². The number of primary amides is 1. The number of hydrogen-bond donors (Lipinski definition) is 3. The molecule has 1 amide bonds. The first-order valence-corrected chi connectivity index (χ1v) is 7.81. The predicted molar refractivity (Wildman–Crippen MR) is 72.9 cm³/mol. The Labute approximate surface area is 117 Å². The van der Waals surface area contributed by atoms with E-state index in [9.17, 15) is 18.3 Å². The van der Waals surface area contributed by atoms with Crippen LogP contribution in [0.1, 0.15) is 11.7 Å². The number of aliphatic hydroxyl groups is 1. The summed E-state index contributed by atoms with van der Waals surface area (Å²) in [6.45, 7) is 0.733. The Hall–Kier alpha value is -1.64. The van der Waals surface area contributed by atoms with Crippen LogP contribution < -0.4 is 11.1 Å². The predicted octanol–water partition coefficient (Wildman–Crippen LogP) is -0.192. The van der Waals surface area contributed by atoms with Gasteiger partial charge < -0.3 is 20.9 Å². The lowest BCUT2D eigenvalue weighted by Crippen LogP contribution is -2.27. The van der Waals surface area contributed by atoms with Crippen LogP contribution in [0.4, 0.5) is 4.79 Å². The van der Waals surface area contributed by atoms with Crippen LogP contribution in [0.25, 0.3) is 0 Å². The molecule has 1 aromatic carbocycles. The molecule has 1 atom stereocenters. The van der Waals surface area contributed by atoms with E-state index in [0.29, 0.717) is 12.1 Å². The number of sulfone groups is 1. The third-order valence-corrected chi connectivity index (χ3v) is 3.68. The van der Waals surface area contributed by atoms with Gasteiger partial charge in [0.25, 0.3) is 0 Å². The van der Waals surface area contributed by atoms with Crippen molar-refractivity contribution in [3.05, 3.63) is 29.8 Å². The molecular formula is C12H18N2O5S. The van der Waals surface area contributed by atoms with E-state index in [2.05, 4.69) is 10.1 Å². The molecule has 0 fully saturated rings. The van der Waals surface area contributed by atoms with Gasteiger partial charge in [-0.2, -0.15) is 0 Å². The molecule has 112 valence electrons. The van der Waals surface area contributed by atoms with Gasteiger partial charge in [-0.15, -0.1) is 0 Å². The van der Waals surface area contributed by atoms with E-state index < -0.39 is 22.0 Å². The van der Waals surface area contributed by atoms with E-state index in [-0.39, 0.29) is 18.0 Å². The maximum Gasteiger partial charge on any atom is 0.404 e. The van der Waals surface area contributed by atoms with Crippen molar-refractivity contribution in [2.45, 2.75) is 11.0 Å². The van der Waals surface area contributed by atoms with Gasteiger partial charge in [0.1, 0.15) is 6.61 Å². The molecule has 0 spiro atoms. The molecule has 0 bridgehead atoms. The van der Waals surface area contributed by atoms with Crippen LogP contribution in [0.15, 0.2) is 29.2 Å². The van der Waals surface area contributed by atoms with Crippen molar-refractivity contribution in [3.63, 3.8) is 0 Å². The molecule has 1 aromatic rings. The summed E-state index contributed by atoms with van der Waals surface area (Å²) in [5.41, 5.74) is 5.39. The molecule has 0 aliphatic rings. The highest BCUT2D eigenvalue weighted by Gasteiger charge is 2.10. The fraction of sp³-hybridized carbons (Fsp3) is 0.417. The first kappa shape index (κ1) is 16.4. The number of carbonyl (C=O) groups excluding carboxylic acids is 1. The summed E-state index contributed by atoms with van der Waals surface area (Å²) in [5.74, 6) is 0. The normalized spacial score (nSPS) is 12.9. The lowest BCUT2D eigenvalue weighted by atomic mass is 10.1. The number of amides is 1. The average Bonchev–Trinajstić information content (AvgIpc) is 2.37. The molecule has 0 heterocycles. The zero-order chi connectivity index (χ0) is 15.2. The molecule has 0 saturated carbocycles. The molecule has 0 aliphatic carbocycles. The first-order valence-electron chi connectivity index (χ1n) is 5.91. The molecule has 1 rings (SSSR count). The first-order chi connectivity index (χ1) is 9.30. The summed E-state index contributed by atoms with van der Waals surface area (Å²) in [5, 5.41) is 12.8. The van der Waals surface area contributed by atoms with Crippen LogP contribution in [-0.4, -0.2) is 45.6 Å². The highest BCUT2D eigenvalue weighted by Crippen LogP contribution is 2.15. The van der Waals surface area contributed by atoms with Crippen LogP contribution in [0.2, 0.25) is 0 Å². The quantitative estimate of drug-likeness (QED) is 0.601. The number of carbonyl (C=O) groups is 1. The van der Waals surface area contributed by atoms with Gasteiger partial charge in [-0.05, 0) is 17.7 Å². The minimum Gasteiger partial charge on any atom is -0.448 e. The van der Waals surface area contributed by atoms with E-state index in [0.717, 1.165) is 6.26 Å². The minimum atomic E-state index is -3.24. The van der Waals surface area contributed by atoms with Crippen molar-refractivity contribution in [1.29, 1.82) is 0 Å². The zero-order valence-electron chi connectivity index (χ0n) is 11.1. The summed E-state index contributed by atoms with van der Waals surface area (Å²) >= 11 is 0. The fourth-order valence-electron chi connectivity index (χ4n) is 1.52. The molecule has 4 N–H and O–H groups in total. The van der Waals surface area contributed by atoms with Gasteiger partial charge in [-0.3, -0.25) is 0 Å². The maximum absolute atomic E-state index is 11.3. The Bertz CT molecular complexity index is 541. The van der Waals surface area contributed by atoms with Crippen molar-refractivity contribution < 1.29 is 23.1 Å². The van der Waals surface area contributed by atoms with Gasteiger partial charge in [-0.25, -0.2) is 13.2 Å². The lowest BCUT2D eigenvalue weighted by Gasteiger charge is -2.12. The molecule has 1 unspecified atom stereocenters. The molecule has 0 aromatic heterocycles. The number of hydrogen-bond acceptors (Lipinski definition) is 6. The van der Waals surface area contributed by atoms with Gasteiger partial charge in [0.2, 0.25) is 0 Å². The topological polar surface area (TPSA) is 119 Å². The van der Waals surface area contributed by atoms with E-state index in [4.69, 9.17) is 5.73 Å². The number of aliphatic hydroxyl groups excluding tert-OH is 1. The van der Waals surface area contributed by atoms with Crippen molar-refractivity contribution >= 4 is 15.9 Å². The second kappa shape index (κ2) is 7.22. The minimum absolute atomic E-state index is 0.120. The van der Waals surface area contributed by atoms with E-state index in [1.165, 1.54) is 12.1 Å². The van der Waals surface area contributed by atoms with Gasteiger partial charge in [-0.1, -0.05) is 12.1 Å². The summed E-state index contributed by atoms with van der Waals surface area (Å²) in [4.78, 5) is 10.5. The molecule has 0 saturated heterocycles. The lowest BCUT2D eigenvalue weighted by molar-refractivity contribution is 0.149. The number of ether oxygens (including phenoxy) is 1. The highest BCUT2D eigenvalue weighted by molar-refractivity contribution is 7.90. The molecule has 20 heavy (non-hydrogen) atoms. The smallest absolute Gasteiger partial charge is 0.404 e. The van der Waals surface area contributed by atoms with Crippen molar-refractivity contribution in [2.24, 2.45) is 5.73 Å². The summed E-state index contributed by atoms with van der Waals surface area (Å²) in [6, 6.07) is 6.01. The van der Waals surface area contributed by atoms with Gasteiger partial charge in [0.15, 0.2) is 9.84 Å². The Morgan fingerprint density at radius 1 is 1.40 bits per heavy atom. The van der Waals surface area contributed by atoms with Gasteiger partial charge in [0.05, 0.1) is 11.0 Å². The maximum atomic E-state index is 11.3. The Balaban J connectivity index is 2.44. The molecule has 7 nitrogen and oxygen atoms in total. The number of nitrogens with two attached hydrogens (primary N) is 1. The van der Waals surface area contributed by atoms with Crippen LogP contribution in [0, 0.1) is 0 Å². The summed E-state index contributed by atoms with van der Waals surface area (Å²) in [7, 11) is -3.24.